The third-order valence-corrected chi connectivity index (χ3v) is 5.30. The molecule has 3 rings (SSSR count). The van der Waals surface area contributed by atoms with Crippen molar-refractivity contribution in [3.05, 3.63) is 59.7 Å². The molecule has 2 aromatic carbocycles. The molecule has 8 heteroatoms. The van der Waals surface area contributed by atoms with Gasteiger partial charge in [0.05, 0.1) is 25.3 Å². The Kier molecular flexibility index (Phi) is 7.61. The summed E-state index contributed by atoms with van der Waals surface area (Å²) in [6, 6.07) is 12.8. The Bertz CT molecular complexity index is 971. The van der Waals surface area contributed by atoms with Crippen LogP contribution < -0.4 is 9.64 Å². The third-order valence-electron chi connectivity index (χ3n) is 5.30. The van der Waals surface area contributed by atoms with Gasteiger partial charge in [0.1, 0.15) is 11.8 Å². The largest absolute Gasteiger partial charge is 0.494 e. The van der Waals surface area contributed by atoms with Crippen molar-refractivity contribution < 1.29 is 28.6 Å². The highest BCUT2D eigenvalue weighted by molar-refractivity contribution is 6.23. The number of imide groups is 1. The number of benzene rings is 2. The Balaban J connectivity index is 1.91. The first-order valence-corrected chi connectivity index (χ1v) is 10.4. The molecule has 8 nitrogen and oxygen atoms in total. The highest BCUT2D eigenvalue weighted by Gasteiger charge is 2.45. The fourth-order valence-corrected chi connectivity index (χ4v) is 3.69. The zero-order valence-corrected chi connectivity index (χ0v) is 18.7. The molecule has 0 aromatic heterocycles. The van der Waals surface area contributed by atoms with E-state index in [1.807, 2.05) is 19.9 Å². The summed E-state index contributed by atoms with van der Waals surface area (Å²) in [5.74, 6) is -0.567. The lowest BCUT2D eigenvalue weighted by Gasteiger charge is -2.30. The van der Waals surface area contributed by atoms with E-state index in [1.54, 1.807) is 42.5 Å². The summed E-state index contributed by atoms with van der Waals surface area (Å²) in [5, 5.41) is 0. The van der Waals surface area contributed by atoms with Crippen LogP contribution >= 0.6 is 0 Å². The predicted molar refractivity (Wildman–Crippen MR) is 119 cm³/mol. The number of carbonyl (C=O) groups is 3. The smallest absolute Gasteiger partial charge is 0.257 e. The molecule has 32 heavy (non-hydrogen) atoms. The molecule has 0 saturated carbocycles. The van der Waals surface area contributed by atoms with E-state index in [4.69, 9.17) is 14.2 Å². The van der Waals surface area contributed by atoms with Gasteiger partial charge in [-0.15, -0.1) is 0 Å². The molecule has 3 amide bonds. The Morgan fingerprint density at radius 2 is 1.81 bits per heavy atom. The molecule has 0 N–H and O–H groups in total. The Hall–Kier alpha value is -3.23. The maximum Gasteiger partial charge on any atom is 0.257 e. The van der Waals surface area contributed by atoms with E-state index in [9.17, 15) is 14.4 Å². The Morgan fingerprint density at radius 3 is 2.41 bits per heavy atom. The number of methoxy groups -OCH3 is 2. The lowest BCUT2D eigenvalue weighted by atomic mass is 10.1. The number of nitrogens with zero attached hydrogens (tertiary/aromatic N) is 2. The molecular weight excluding hydrogens is 412 g/mol. The van der Waals surface area contributed by atoms with E-state index in [0.29, 0.717) is 23.6 Å². The van der Waals surface area contributed by atoms with Crippen LogP contribution in [0.4, 0.5) is 5.69 Å². The minimum atomic E-state index is -0.963. The van der Waals surface area contributed by atoms with E-state index < -0.39 is 18.2 Å². The van der Waals surface area contributed by atoms with Gasteiger partial charge in [0, 0.05) is 19.8 Å². The predicted octanol–water partition coefficient (Wildman–Crippen LogP) is 2.79. The van der Waals surface area contributed by atoms with Gasteiger partial charge in [0.2, 0.25) is 5.91 Å². The molecular formula is C24H28N2O6. The van der Waals surface area contributed by atoms with Gasteiger partial charge < -0.3 is 19.1 Å². The van der Waals surface area contributed by atoms with Crippen molar-refractivity contribution >= 4 is 23.4 Å². The quantitative estimate of drug-likeness (QED) is 0.440. The molecule has 1 unspecified atom stereocenters. The van der Waals surface area contributed by atoms with Gasteiger partial charge in [-0.3, -0.25) is 14.4 Å². The van der Waals surface area contributed by atoms with Gasteiger partial charge in [-0.2, -0.15) is 0 Å². The monoisotopic (exact) mass is 440 g/mol. The molecule has 1 heterocycles. The first kappa shape index (κ1) is 23.4. The van der Waals surface area contributed by atoms with Crippen LogP contribution in [0.15, 0.2) is 48.5 Å². The zero-order chi connectivity index (χ0) is 23.3. The molecule has 0 radical (unpaired) electrons. The highest BCUT2D eigenvalue weighted by atomic mass is 16.7. The number of hydrogen-bond donors (Lipinski definition) is 0. The van der Waals surface area contributed by atoms with Crippen LogP contribution in [-0.2, 0) is 19.1 Å². The summed E-state index contributed by atoms with van der Waals surface area (Å²) in [4.78, 5) is 42.0. The van der Waals surface area contributed by atoms with E-state index in [2.05, 4.69) is 0 Å². The van der Waals surface area contributed by atoms with Gasteiger partial charge in [-0.1, -0.05) is 17.7 Å². The van der Waals surface area contributed by atoms with Gasteiger partial charge in [0.15, 0.2) is 6.29 Å². The maximum atomic E-state index is 13.4. The number of carbonyl (C=O) groups excluding carboxylic acids is 3. The zero-order valence-electron chi connectivity index (χ0n) is 18.7. The lowest BCUT2D eigenvalue weighted by molar-refractivity contribution is -0.128. The normalized spacial score (nSPS) is 16.0. The number of anilines is 1. The average Bonchev–Trinajstić information content (AvgIpc) is 3.09. The fraction of sp³-hybridized carbons (Fsp3) is 0.375. The van der Waals surface area contributed by atoms with Crippen LogP contribution in [0.5, 0.6) is 5.75 Å². The number of amides is 3. The minimum absolute atomic E-state index is 0.000575. The number of hydrogen-bond acceptors (Lipinski definition) is 6. The van der Waals surface area contributed by atoms with E-state index in [1.165, 1.54) is 19.1 Å². The summed E-state index contributed by atoms with van der Waals surface area (Å²) in [6.45, 7) is 4.27. The Labute approximate surface area is 187 Å². The number of ether oxygens (including phenoxy) is 3. The van der Waals surface area contributed by atoms with Crippen molar-refractivity contribution in [1.82, 2.24) is 4.90 Å². The SMILES string of the molecule is CCOc1ccc(N2C(=O)CC(N(CC(OC)OC)C(=O)c3cccc(C)c3)C2=O)cc1. The topological polar surface area (TPSA) is 85.4 Å². The van der Waals surface area contributed by atoms with Crippen LogP contribution in [0.1, 0.15) is 29.3 Å². The van der Waals surface area contributed by atoms with Crippen molar-refractivity contribution in [3.63, 3.8) is 0 Å². The first-order valence-electron chi connectivity index (χ1n) is 10.4. The van der Waals surface area contributed by atoms with Crippen LogP contribution in [0, 0.1) is 6.92 Å². The van der Waals surface area contributed by atoms with Crippen LogP contribution in [0.3, 0.4) is 0 Å². The van der Waals surface area contributed by atoms with Gasteiger partial charge in [-0.05, 0) is 50.2 Å². The van der Waals surface area contributed by atoms with Gasteiger partial charge in [-0.25, -0.2) is 4.90 Å². The molecule has 0 aliphatic carbocycles. The molecule has 1 fully saturated rings. The van der Waals surface area contributed by atoms with Crippen molar-refractivity contribution in [1.29, 1.82) is 0 Å². The van der Waals surface area contributed by atoms with E-state index in [-0.39, 0.29) is 24.8 Å². The standard InChI is InChI=1S/C24H28N2O6/c1-5-32-19-11-9-18(10-12-19)26-21(27)14-20(24(26)29)25(15-22(30-3)31-4)23(28)17-8-6-7-16(2)13-17/h6-13,20,22H,5,14-15H2,1-4H3. The lowest BCUT2D eigenvalue weighted by Crippen LogP contribution is -2.49. The van der Waals surface area contributed by atoms with Gasteiger partial charge in [0.25, 0.3) is 11.8 Å². The van der Waals surface area contributed by atoms with Crippen LogP contribution in [0.2, 0.25) is 0 Å². The summed E-state index contributed by atoms with van der Waals surface area (Å²) in [7, 11) is 2.91. The molecule has 170 valence electrons. The van der Waals surface area contributed by atoms with E-state index >= 15 is 0 Å². The Morgan fingerprint density at radius 1 is 1.12 bits per heavy atom. The van der Waals surface area contributed by atoms with Gasteiger partial charge >= 0.3 is 0 Å². The second-order valence-electron chi connectivity index (χ2n) is 7.44. The van der Waals surface area contributed by atoms with Crippen molar-refractivity contribution in [3.8, 4) is 5.75 Å². The fourth-order valence-electron chi connectivity index (χ4n) is 3.69. The molecule has 1 atom stereocenters. The molecule has 1 saturated heterocycles. The number of rotatable bonds is 9. The molecule has 2 aromatic rings. The first-order chi connectivity index (χ1) is 15.4. The summed E-state index contributed by atoms with van der Waals surface area (Å²) >= 11 is 0. The highest BCUT2D eigenvalue weighted by Crippen LogP contribution is 2.28. The van der Waals surface area contributed by atoms with E-state index in [0.717, 1.165) is 10.5 Å². The minimum Gasteiger partial charge on any atom is -0.494 e. The average molecular weight is 440 g/mol. The molecule has 0 spiro atoms. The molecule has 1 aliphatic heterocycles. The van der Waals surface area contributed by atoms with Crippen molar-refractivity contribution in [2.45, 2.75) is 32.6 Å². The van der Waals surface area contributed by atoms with Crippen molar-refractivity contribution in [2.24, 2.45) is 0 Å². The second kappa shape index (κ2) is 10.4. The summed E-state index contributed by atoms with van der Waals surface area (Å²) in [5.41, 5.74) is 1.77. The second-order valence-corrected chi connectivity index (χ2v) is 7.44. The summed E-state index contributed by atoms with van der Waals surface area (Å²) < 4.78 is 16.0. The van der Waals surface area contributed by atoms with Crippen LogP contribution in [-0.4, -0.2) is 62.3 Å². The van der Waals surface area contributed by atoms with Crippen LogP contribution in [0.25, 0.3) is 0 Å². The maximum absolute atomic E-state index is 13.4. The molecule has 1 aliphatic rings. The third kappa shape index (κ3) is 4.98. The molecule has 0 bridgehead atoms. The number of aryl methyl sites for hydroxylation is 1. The van der Waals surface area contributed by atoms with Crippen molar-refractivity contribution in [2.75, 3.05) is 32.3 Å². The summed E-state index contributed by atoms with van der Waals surface area (Å²) in [6.07, 6.45) is -0.866.